The van der Waals surface area contributed by atoms with Gasteiger partial charge in [0.2, 0.25) is 0 Å². The number of amides is 2. The lowest BCUT2D eigenvalue weighted by Gasteiger charge is -2.28. The molecule has 0 atom stereocenters. The van der Waals surface area contributed by atoms with E-state index in [1.54, 1.807) is 24.3 Å². The summed E-state index contributed by atoms with van der Waals surface area (Å²) in [5.74, 6) is 0. The molecule has 1 heterocycles. The fourth-order valence-electron chi connectivity index (χ4n) is 2.75. The van der Waals surface area contributed by atoms with Gasteiger partial charge in [-0.3, -0.25) is 0 Å². The molecule has 1 saturated carbocycles. The third-order valence-electron chi connectivity index (χ3n) is 3.96. The first-order valence-corrected chi connectivity index (χ1v) is 8.81. The van der Waals surface area contributed by atoms with Crippen LogP contribution in [-0.4, -0.2) is 28.1 Å². The maximum Gasteiger partial charge on any atom is 0.319 e. The smallest absolute Gasteiger partial charge is 0.319 e. The van der Waals surface area contributed by atoms with Crippen molar-refractivity contribution in [2.45, 2.75) is 37.8 Å². The molecule has 2 amide bonds. The lowest BCUT2D eigenvalue weighted by atomic mass is 9.93. The molecule has 0 bridgehead atoms. The molecule has 132 valence electrons. The van der Waals surface area contributed by atoms with Gasteiger partial charge in [-0.1, -0.05) is 29.3 Å². The zero-order valence-corrected chi connectivity index (χ0v) is 14.9. The van der Waals surface area contributed by atoms with Gasteiger partial charge in [-0.15, -0.1) is 0 Å². The number of carbonyl (C=O) groups excluding carboxylic acids is 1. The minimum absolute atomic E-state index is 0.0511. The Morgan fingerprint density at radius 3 is 2.48 bits per heavy atom. The summed E-state index contributed by atoms with van der Waals surface area (Å²) in [5.41, 5.74) is 0.668. The van der Waals surface area contributed by atoms with E-state index in [0.29, 0.717) is 21.7 Å². The third kappa shape index (κ3) is 5.47. The lowest BCUT2D eigenvalue weighted by molar-refractivity contribution is 0.129. The van der Waals surface area contributed by atoms with E-state index in [4.69, 9.17) is 27.9 Å². The van der Waals surface area contributed by atoms with Crippen molar-refractivity contribution in [1.29, 1.82) is 0 Å². The molecule has 3 rings (SSSR count). The van der Waals surface area contributed by atoms with Crippen molar-refractivity contribution in [2.24, 2.45) is 0 Å². The maximum atomic E-state index is 12.1. The first kappa shape index (κ1) is 17.8. The van der Waals surface area contributed by atoms with E-state index in [1.807, 2.05) is 0 Å². The highest BCUT2D eigenvalue weighted by atomic mass is 35.5. The standard InChI is InChI=1S/C17H18Cl2N4O2/c18-11-2-1-3-14(8-11)23-16(24)22-13-4-6-15(7-5-13)25-17-20-9-12(19)10-21-17/h1-3,8-10,13,15H,4-7H2,(H2,22,23,24). The van der Waals surface area contributed by atoms with Gasteiger partial charge in [0, 0.05) is 16.8 Å². The second-order valence-corrected chi connectivity index (χ2v) is 6.76. The number of ether oxygens (including phenoxy) is 1. The Balaban J connectivity index is 1.42. The molecule has 1 aliphatic rings. The van der Waals surface area contributed by atoms with Gasteiger partial charge in [-0.2, -0.15) is 0 Å². The fourth-order valence-corrected chi connectivity index (χ4v) is 3.04. The van der Waals surface area contributed by atoms with Gasteiger partial charge in [0.25, 0.3) is 0 Å². The van der Waals surface area contributed by atoms with Gasteiger partial charge in [0.05, 0.1) is 17.4 Å². The summed E-state index contributed by atoms with van der Waals surface area (Å²) in [6, 6.07) is 7.27. The third-order valence-corrected chi connectivity index (χ3v) is 4.39. The largest absolute Gasteiger partial charge is 0.460 e. The maximum absolute atomic E-state index is 12.1. The van der Waals surface area contributed by atoms with Crippen molar-refractivity contribution in [3.05, 3.63) is 46.7 Å². The van der Waals surface area contributed by atoms with Crippen LogP contribution in [0.1, 0.15) is 25.7 Å². The molecular weight excluding hydrogens is 363 g/mol. The Bertz CT molecular complexity index is 719. The highest BCUT2D eigenvalue weighted by Crippen LogP contribution is 2.23. The molecule has 0 unspecified atom stereocenters. The van der Waals surface area contributed by atoms with Crippen LogP contribution in [-0.2, 0) is 0 Å². The van der Waals surface area contributed by atoms with E-state index < -0.39 is 0 Å². The van der Waals surface area contributed by atoms with Crippen molar-refractivity contribution in [3.63, 3.8) is 0 Å². The molecule has 25 heavy (non-hydrogen) atoms. The SMILES string of the molecule is O=C(Nc1cccc(Cl)c1)NC1CCC(Oc2ncc(Cl)cn2)CC1. The summed E-state index contributed by atoms with van der Waals surface area (Å²) in [6.07, 6.45) is 6.40. The number of hydrogen-bond acceptors (Lipinski definition) is 4. The molecule has 8 heteroatoms. The first-order chi connectivity index (χ1) is 12.1. The zero-order valence-electron chi connectivity index (χ0n) is 13.4. The van der Waals surface area contributed by atoms with Crippen LogP contribution in [0.15, 0.2) is 36.7 Å². The molecule has 0 saturated heterocycles. The summed E-state index contributed by atoms with van der Waals surface area (Å²) in [7, 11) is 0. The molecule has 2 N–H and O–H groups in total. The number of benzene rings is 1. The van der Waals surface area contributed by atoms with Crippen LogP contribution in [0.2, 0.25) is 10.0 Å². The second-order valence-electron chi connectivity index (χ2n) is 5.88. The number of urea groups is 1. The Morgan fingerprint density at radius 2 is 1.80 bits per heavy atom. The van der Waals surface area contributed by atoms with Crippen molar-refractivity contribution in [1.82, 2.24) is 15.3 Å². The predicted octanol–water partition coefficient (Wildman–Crippen LogP) is 4.30. The Kier molecular flexibility index (Phi) is 5.94. The number of hydrogen-bond donors (Lipinski definition) is 2. The van der Waals surface area contributed by atoms with E-state index in [2.05, 4.69) is 20.6 Å². The number of anilines is 1. The van der Waals surface area contributed by atoms with Crippen LogP contribution in [0.4, 0.5) is 10.5 Å². The Labute approximate surface area is 155 Å². The van der Waals surface area contributed by atoms with Crippen molar-refractivity contribution in [2.75, 3.05) is 5.32 Å². The molecular formula is C17H18Cl2N4O2. The number of aromatic nitrogens is 2. The van der Waals surface area contributed by atoms with Crippen LogP contribution in [0, 0.1) is 0 Å². The van der Waals surface area contributed by atoms with Gasteiger partial charge in [0.1, 0.15) is 6.10 Å². The zero-order chi connectivity index (χ0) is 17.6. The normalized spacial score (nSPS) is 19.9. The number of nitrogens with zero attached hydrogens (tertiary/aromatic N) is 2. The molecule has 2 aromatic rings. The number of rotatable bonds is 4. The van der Waals surface area contributed by atoms with Crippen molar-refractivity contribution < 1.29 is 9.53 Å². The van der Waals surface area contributed by atoms with Crippen molar-refractivity contribution in [3.8, 4) is 6.01 Å². The fraction of sp³-hybridized carbons (Fsp3) is 0.353. The average Bonchev–Trinajstić information content (AvgIpc) is 2.59. The van der Waals surface area contributed by atoms with Crippen LogP contribution in [0.3, 0.4) is 0 Å². The molecule has 0 radical (unpaired) electrons. The van der Waals surface area contributed by atoms with Crippen LogP contribution in [0.25, 0.3) is 0 Å². The quantitative estimate of drug-likeness (QED) is 0.828. The lowest BCUT2D eigenvalue weighted by Crippen LogP contribution is -2.41. The number of nitrogens with one attached hydrogen (secondary N) is 2. The highest BCUT2D eigenvalue weighted by molar-refractivity contribution is 6.31. The van der Waals surface area contributed by atoms with E-state index in [9.17, 15) is 4.79 Å². The summed E-state index contributed by atoms with van der Waals surface area (Å²) in [5, 5.41) is 6.83. The molecule has 0 aliphatic heterocycles. The molecule has 1 aliphatic carbocycles. The first-order valence-electron chi connectivity index (χ1n) is 8.06. The van der Waals surface area contributed by atoms with E-state index in [1.165, 1.54) is 12.4 Å². The van der Waals surface area contributed by atoms with E-state index in [0.717, 1.165) is 25.7 Å². The molecule has 0 spiro atoms. The number of halogens is 2. The summed E-state index contributed by atoms with van der Waals surface area (Å²) in [6.45, 7) is 0. The van der Waals surface area contributed by atoms with Gasteiger partial charge in [-0.05, 0) is 43.9 Å². The van der Waals surface area contributed by atoms with Crippen LogP contribution in [0.5, 0.6) is 6.01 Å². The predicted molar refractivity (Wildman–Crippen MR) is 97.3 cm³/mol. The Hall–Kier alpha value is -2.05. The topological polar surface area (TPSA) is 76.1 Å². The molecule has 1 aromatic carbocycles. The van der Waals surface area contributed by atoms with Gasteiger partial charge < -0.3 is 15.4 Å². The molecule has 6 nitrogen and oxygen atoms in total. The number of carbonyl (C=O) groups is 1. The van der Waals surface area contributed by atoms with Crippen LogP contribution >= 0.6 is 23.2 Å². The molecule has 1 fully saturated rings. The van der Waals surface area contributed by atoms with Gasteiger partial charge in [0.15, 0.2) is 0 Å². The van der Waals surface area contributed by atoms with Crippen molar-refractivity contribution >= 4 is 34.9 Å². The monoisotopic (exact) mass is 380 g/mol. The molecule has 1 aromatic heterocycles. The minimum Gasteiger partial charge on any atom is -0.460 e. The summed E-state index contributed by atoms with van der Waals surface area (Å²) in [4.78, 5) is 20.1. The minimum atomic E-state index is -0.229. The second kappa shape index (κ2) is 8.36. The Morgan fingerprint density at radius 1 is 1.08 bits per heavy atom. The highest BCUT2D eigenvalue weighted by Gasteiger charge is 2.24. The summed E-state index contributed by atoms with van der Waals surface area (Å²) < 4.78 is 5.75. The van der Waals surface area contributed by atoms with E-state index >= 15 is 0 Å². The van der Waals surface area contributed by atoms with Crippen LogP contribution < -0.4 is 15.4 Å². The summed E-state index contributed by atoms with van der Waals surface area (Å²) >= 11 is 11.7. The van der Waals surface area contributed by atoms with Gasteiger partial charge >= 0.3 is 12.0 Å². The average molecular weight is 381 g/mol. The van der Waals surface area contributed by atoms with E-state index in [-0.39, 0.29) is 18.2 Å². The van der Waals surface area contributed by atoms with Gasteiger partial charge in [-0.25, -0.2) is 14.8 Å².